The molecule has 0 fully saturated rings. The highest BCUT2D eigenvalue weighted by molar-refractivity contribution is 5.94. The number of carbonyl (C=O) groups excluding carboxylic acids is 1. The number of nitrogens with zero attached hydrogens (tertiary/aromatic N) is 1. The third-order valence-corrected chi connectivity index (χ3v) is 3.30. The maximum Gasteiger partial charge on any atom is 0.251 e. The van der Waals surface area contributed by atoms with Gasteiger partial charge in [-0.1, -0.05) is 39.8 Å². The molecule has 1 unspecified atom stereocenters. The van der Waals surface area contributed by atoms with Crippen LogP contribution in [-0.2, 0) is 5.41 Å². The summed E-state index contributed by atoms with van der Waals surface area (Å²) in [7, 11) is 4.09. The first kappa shape index (κ1) is 19.9. The summed E-state index contributed by atoms with van der Waals surface area (Å²) in [6.07, 6.45) is 0. The van der Waals surface area contributed by atoms with Crippen LogP contribution < -0.4 is 17.7 Å². The second kappa shape index (κ2) is 8.40. The Morgan fingerprint density at radius 1 is 1.19 bits per heavy atom. The van der Waals surface area contributed by atoms with Gasteiger partial charge in [-0.3, -0.25) is 4.79 Å². The highest BCUT2D eigenvalue weighted by Gasteiger charge is 2.14. The Morgan fingerprint density at radius 2 is 1.71 bits per heavy atom. The van der Waals surface area contributed by atoms with Gasteiger partial charge in [-0.15, -0.1) is 0 Å². The molecule has 0 aliphatic heterocycles. The molecule has 0 saturated heterocycles. The first-order valence-electron chi connectivity index (χ1n) is 7.23. The molecule has 1 rings (SSSR count). The number of amides is 1. The third-order valence-electron chi connectivity index (χ3n) is 3.30. The van der Waals surface area contributed by atoms with Crippen LogP contribution in [0.5, 0.6) is 0 Å². The maximum atomic E-state index is 12.1. The number of carbonyl (C=O) groups is 1. The smallest absolute Gasteiger partial charge is 0.251 e. The minimum absolute atomic E-state index is 0. The largest absolute Gasteiger partial charge is 1.00 e. The number of benzene rings is 1. The van der Waals surface area contributed by atoms with E-state index < -0.39 is 0 Å². The average molecular weight is 312 g/mol. The molecule has 0 bridgehead atoms. The summed E-state index contributed by atoms with van der Waals surface area (Å²) in [4.78, 5) is 14.2. The lowest BCUT2D eigenvalue weighted by atomic mass is 9.87. The van der Waals surface area contributed by atoms with Crippen LogP contribution in [0.2, 0.25) is 0 Å². The second-order valence-corrected chi connectivity index (χ2v) is 6.90. The molecule has 0 aromatic heterocycles. The fourth-order valence-electron chi connectivity index (χ4n) is 2.18. The van der Waals surface area contributed by atoms with Crippen LogP contribution in [0.25, 0.3) is 0 Å². The van der Waals surface area contributed by atoms with Gasteiger partial charge < -0.3 is 22.6 Å². The van der Waals surface area contributed by atoms with Gasteiger partial charge in [-0.25, -0.2) is 0 Å². The molecule has 1 aromatic carbocycles. The molecule has 3 nitrogen and oxygen atoms in total. The zero-order valence-corrected chi connectivity index (χ0v) is 14.8. The molecule has 120 valence electrons. The predicted molar refractivity (Wildman–Crippen MR) is 85.2 cm³/mol. The molecular weight excluding hydrogens is 284 g/mol. The molecule has 1 atom stereocenters. The SMILES string of the molecule is CC(CNC(=O)c1ccc(C(C)(C)C)cc1)CN(C)C.[Cl-]. The van der Waals surface area contributed by atoms with E-state index in [4.69, 9.17) is 0 Å². The fraction of sp³-hybridized carbons (Fsp3) is 0.588. The Labute approximate surface area is 135 Å². The summed E-state index contributed by atoms with van der Waals surface area (Å²) in [5.74, 6) is 0.457. The maximum absolute atomic E-state index is 12.1. The summed E-state index contributed by atoms with van der Waals surface area (Å²) < 4.78 is 0. The minimum atomic E-state index is 0. The molecule has 4 heteroatoms. The van der Waals surface area contributed by atoms with Crippen LogP contribution >= 0.6 is 0 Å². The topological polar surface area (TPSA) is 32.3 Å². The molecule has 21 heavy (non-hydrogen) atoms. The monoisotopic (exact) mass is 311 g/mol. The minimum Gasteiger partial charge on any atom is -1.00 e. The average Bonchev–Trinajstić information content (AvgIpc) is 2.34. The third kappa shape index (κ3) is 6.96. The van der Waals surface area contributed by atoms with Crippen molar-refractivity contribution in [3.63, 3.8) is 0 Å². The van der Waals surface area contributed by atoms with Gasteiger partial charge in [0.15, 0.2) is 0 Å². The lowest BCUT2D eigenvalue weighted by Gasteiger charge is -2.19. The summed E-state index contributed by atoms with van der Waals surface area (Å²) >= 11 is 0. The highest BCUT2D eigenvalue weighted by Crippen LogP contribution is 2.22. The van der Waals surface area contributed by atoms with Gasteiger partial charge >= 0.3 is 0 Å². The Balaban J connectivity index is 0.00000400. The second-order valence-electron chi connectivity index (χ2n) is 6.90. The lowest BCUT2D eigenvalue weighted by molar-refractivity contribution is -0.0000131. The highest BCUT2D eigenvalue weighted by atomic mass is 35.5. The van der Waals surface area contributed by atoms with E-state index in [0.717, 1.165) is 12.1 Å². The van der Waals surface area contributed by atoms with Crippen molar-refractivity contribution in [2.45, 2.75) is 33.1 Å². The van der Waals surface area contributed by atoms with Crippen molar-refractivity contribution < 1.29 is 17.2 Å². The van der Waals surface area contributed by atoms with E-state index in [-0.39, 0.29) is 23.7 Å². The molecule has 1 aromatic rings. The predicted octanol–water partition coefficient (Wildman–Crippen LogP) is -0.0844. The van der Waals surface area contributed by atoms with E-state index in [1.54, 1.807) is 0 Å². The van der Waals surface area contributed by atoms with Crippen molar-refractivity contribution >= 4 is 5.91 Å². The van der Waals surface area contributed by atoms with Crippen LogP contribution in [0.15, 0.2) is 24.3 Å². The van der Waals surface area contributed by atoms with Gasteiger partial charge in [0, 0.05) is 18.7 Å². The van der Waals surface area contributed by atoms with Gasteiger partial charge in [0.1, 0.15) is 0 Å². The van der Waals surface area contributed by atoms with E-state index in [2.05, 4.69) is 37.9 Å². The van der Waals surface area contributed by atoms with Gasteiger partial charge in [0.2, 0.25) is 0 Å². The zero-order chi connectivity index (χ0) is 15.3. The number of halogens is 1. The number of hydrogen-bond donors (Lipinski definition) is 1. The van der Waals surface area contributed by atoms with Gasteiger partial charge in [0.25, 0.3) is 5.91 Å². The molecule has 0 saturated carbocycles. The van der Waals surface area contributed by atoms with Gasteiger partial charge in [0.05, 0.1) is 0 Å². The van der Waals surface area contributed by atoms with E-state index in [1.807, 2.05) is 38.4 Å². The first-order valence-corrected chi connectivity index (χ1v) is 7.23. The Morgan fingerprint density at radius 3 is 2.14 bits per heavy atom. The molecule has 0 spiro atoms. The van der Waals surface area contributed by atoms with Crippen LogP contribution in [0.4, 0.5) is 0 Å². The van der Waals surface area contributed by atoms with Crippen LogP contribution in [0, 0.1) is 5.92 Å². The lowest BCUT2D eigenvalue weighted by Crippen LogP contribution is -3.00. The first-order chi connectivity index (χ1) is 9.20. The quantitative estimate of drug-likeness (QED) is 0.825. The number of hydrogen-bond acceptors (Lipinski definition) is 2. The standard InChI is InChI=1S/C17H28N2O.ClH/c1-13(12-19(5)6)11-18-16(20)14-7-9-15(10-8-14)17(2,3)4;/h7-10,13H,11-12H2,1-6H3,(H,18,20);1H/p-1. The van der Waals surface area contributed by atoms with Crippen molar-refractivity contribution in [2.75, 3.05) is 27.2 Å². The number of rotatable bonds is 5. The van der Waals surface area contributed by atoms with E-state index in [0.29, 0.717) is 12.5 Å². The van der Waals surface area contributed by atoms with E-state index in [9.17, 15) is 4.79 Å². The summed E-state index contributed by atoms with van der Waals surface area (Å²) in [6, 6.07) is 7.90. The Kier molecular flexibility index (Phi) is 7.98. The van der Waals surface area contributed by atoms with E-state index >= 15 is 0 Å². The normalized spacial score (nSPS) is 12.7. The molecule has 0 aliphatic carbocycles. The van der Waals surface area contributed by atoms with Crippen molar-refractivity contribution in [3.8, 4) is 0 Å². The van der Waals surface area contributed by atoms with Crippen molar-refractivity contribution in [3.05, 3.63) is 35.4 Å². The van der Waals surface area contributed by atoms with E-state index in [1.165, 1.54) is 5.56 Å². The molecule has 0 radical (unpaired) electrons. The summed E-state index contributed by atoms with van der Waals surface area (Å²) in [5, 5.41) is 3.00. The molecule has 1 N–H and O–H groups in total. The molecule has 0 aliphatic rings. The number of nitrogens with one attached hydrogen (secondary N) is 1. The Hall–Kier alpha value is -1.06. The van der Waals surface area contributed by atoms with Crippen molar-refractivity contribution in [2.24, 2.45) is 5.92 Å². The summed E-state index contributed by atoms with van der Waals surface area (Å²) in [6.45, 7) is 10.3. The molecule has 1 amide bonds. The fourth-order valence-corrected chi connectivity index (χ4v) is 2.18. The van der Waals surface area contributed by atoms with Crippen LogP contribution in [-0.4, -0.2) is 38.0 Å². The van der Waals surface area contributed by atoms with Gasteiger partial charge in [-0.05, 0) is 43.1 Å². The van der Waals surface area contributed by atoms with Crippen LogP contribution in [0.1, 0.15) is 43.6 Å². The van der Waals surface area contributed by atoms with Crippen molar-refractivity contribution in [1.82, 2.24) is 10.2 Å². The molecule has 0 heterocycles. The van der Waals surface area contributed by atoms with Gasteiger partial charge in [-0.2, -0.15) is 0 Å². The van der Waals surface area contributed by atoms with Crippen LogP contribution in [0.3, 0.4) is 0 Å². The molecular formula is C17H28ClN2O-. The van der Waals surface area contributed by atoms with Crippen molar-refractivity contribution in [1.29, 1.82) is 0 Å². The Bertz CT molecular complexity index is 435. The zero-order valence-electron chi connectivity index (χ0n) is 14.0. The summed E-state index contributed by atoms with van der Waals surface area (Å²) in [5.41, 5.74) is 2.10.